The van der Waals surface area contributed by atoms with Crippen molar-refractivity contribution >= 4 is 21.6 Å². The Kier molecular flexibility index (Phi) is 5.81. The number of hydrogen-bond donors (Lipinski definition) is 0. The molecule has 1 aromatic carbocycles. The van der Waals surface area contributed by atoms with E-state index in [1.165, 1.54) is 6.26 Å². The first-order valence-electron chi connectivity index (χ1n) is 9.10. The van der Waals surface area contributed by atoms with Gasteiger partial charge in [0.25, 0.3) is 5.89 Å². The van der Waals surface area contributed by atoms with Crippen molar-refractivity contribution in [3.8, 4) is 11.7 Å². The second-order valence-corrected chi connectivity index (χ2v) is 9.14. The van der Waals surface area contributed by atoms with Crippen LogP contribution in [0.15, 0.2) is 50.3 Å². The molecule has 3 aromatic rings. The first-order chi connectivity index (χ1) is 14.6. The highest BCUT2D eigenvalue weighted by molar-refractivity contribution is 7.89. The normalized spacial score (nSPS) is 16.6. The number of alkyl halides is 3. The minimum atomic E-state index is -4.75. The third-order valence-electron chi connectivity index (χ3n) is 4.77. The van der Waals surface area contributed by atoms with E-state index < -0.39 is 31.7 Å². The van der Waals surface area contributed by atoms with E-state index in [-0.39, 0.29) is 19.0 Å². The average Bonchev–Trinajstić information content (AvgIpc) is 3.39. The van der Waals surface area contributed by atoms with Gasteiger partial charge in [-0.15, -0.1) is 10.2 Å². The second kappa shape index (κ2) is 8.26. The molecule has 1 aliphatic rings. The second-order valence-electron chi connectivity index (χ2n) is 6.80. The lowest BCUT2D eigenvalue weighted by molar-refractivity contribution is -0.137. The van der Waals surface area contributed by atoms with Gasteiger partial charge >= 0.3 is 6.18 Å². The summed E-state index contributed by atoms with van der Waals surface area (Å²) in [5, 5.41) is 7.31. The van der Waals surface area contributed by atoms with Crippen molar-refractivity contribution in [2.24, 2.45) is 0 Å². The molecule has 31 heavy (non-hydrogen) atoms. The number of furan rings is 1. The van der Waals surface area contributed by atoms with Gasteiger partial charge in [0.05, 0.1) is 28.3 Å². The molecule has 0 bridgehead atoms. The van der Waals surface area contributed by atoms with E-state index in [2.05, 4.69) is 10.2 Å². The van der Waals surface area contributed by atoms with Gasteiger partial charge < -0.3 is 8.83 Å². The molecule has 0 unspecified atom stereocenters. The van der Waals surface area contributed by atoms with E-state index in [4.69, 9.17) is 20.4 Å². The standard InChI is InChI=1S/C18H16ClF3N4O4S/c19-14-4-3-12(10-13(14)18(20,21)22)31(27,28)26-7-5-25(6-8-26)11-16-23-24-17(30-16)15-2-1-9-29-15/h1-4,9-10H,5-8,11H2. The molecular formula is C18H16ClF3N4O4S. The molecule has 1 fully saturated rings. The van der Waals surface area contributed by atoms with Gasteiger partial charge in [-0.05, 0) is 30.3 Å². The smallest absolute Gasteiger partial charge is 0.417 e. The Bertz CT molecular complexity index is 1160. The number of sulfonamides is 1. The van der Waals surface area contributed by atoms with Gasteiger partial charge in [-0.1, -0.05) is 11.6 Å². The quantitative estimate of drug-likeness (QED) is 0.556. The first-order valence-corrected chi connectivity index (χ1v) is 10.9. The number of halogens is 4. The number of nitrogens with zero attached hydrogens (tertiary/aromatic N) is 4. The van der Waals surface area contributed by atoms with Gasteiger partial charge in [0, 0.05) is 26.2 Å². The maximum Gasteiger partial charge on any atom is 0.417 e. The maximum atomic E-state index is 13.1. The van der Waals surface area contributed by atoms with Crippen molar-refractivity contribution in [3.63, 3.8) is 0 Å². The Morgan fingerprint density at radius 2 is 1.84 bits per heavy atom. The fraction of sp³-hybridized carbons (Fsp3) is 0.333. The lowest BCUT2D eigenvalue weighted by atomic mass is 10.2. The van der Waals surface area contributed by atoms with E-state index in [1.54, 1.807) is 12.1 Å². The van der Waals surface area contributed by atoms with Gasteiger partial charge in [-0.25, -0.2) is 8.42 Å². The van der Waals surface area contributed by atoms with Crippen LogP contribution >= 0.6 is 11.6 Å². The van der Waals surface area contributed by atoms with Crippen LogP contribution in [0.1, 0.15) is 11.5 Å². The van der Waals surface area contributed by atoms with Crippen LogP contribution in [0.4, 0.5) is 13.2 Å². The third-order valence-corrected chi connectivity index (χ3v) is 6.99. The van der Waals surface area contributed by atoms with Crippen LogP contribution in [0.3, 0.4) is 0 Å². The molecule has 0 spiro atoms. The van der Waals surface area contributed by atoms with Crippen molar-refractivity contribution < 1.29 is 30.4 Å². The fourth-order valence-electron chi connectivity index (χ4n) is 3.17. The molecule has 3 heterocycles. The lowest BCUT2D eigenvalue weighted by Crippen LogP contribution is -2.48. The van der Waals surface area contributed by atoms with E-state index in [9.17, 15) is 21.6 Å². The molecule has 1 aliphatic heterocycles. The van der Waals surface area contributed by atoms with Crippen LogP contribution in [-0.4, -0.2) is 54.0 Å². The minimum absolute atomic E-state index is 0.103. The summed E-state index contributed by atoms with van der Waals surface area (Å²) in [6.07, 6.45) is -3.27. The molecule has 166 valence electrons. The van der Waals surface area contributed by atoms with Crippen LogP contribution in [0.2, 0.25) is 5.02 Å². The zero-order chi connectivity index (χ0) is 22.2. The number of benzene rings is 1. The lowest BCUT2D eigenvalue weighted by Gasteiger charge is -2.33. The molecule has 2 aromatic heterocycles. The summed E-state index contributed by atoms with van der Waals surface area (Å²) in [5.74, 6) is 1.02. The van der Waals surface area contributed by atoms with Crippen molar-refractivity contribution in [3.05, 3.63) is 53.1 Å². The van der Waals surface area contributed by atoms with E-state index >= 15 is 0 Å². The van der Waals surface area contributed by atoms with Crippen LogP contribution in [0.5, 0.6) is 0 Å². The van der Waals surface area contributed by atoms with E-state index in [0.717, 1.165) is 16.4 Å². The topological polar surface area (TPSA) is 92.7 Å². The summed E-state index contributed by atoms with van der Waals surface area (Å²) in [6.45, 7) is 1.20. The van der Waals surface area contributed by atoms with Crippen molar-refractivity contribution in [1.82, 2.24) is 19.4 Å². The largest absolute Gasteiger partial charge is 0.459 e. The summed E-state index contributed by atoms with van der Waals surface area (Å²) in [4.78, 5) is 1.46. The molecule has 0 radical (unpaired) electrons. The van der Waals surface area contributed by atoms with Crippen LogP contribution < -0.4 is 0 Å². The first kappa shape index (κ1) is 21.8. The number of aromatic nitrogens is 2. The Morgan fingerprint density at radius 3 is 2.48 bits per heavy atom. The summed E-state index contributed by atoms with van der Waals surface area (Å²) < 4.78 is 76.8. The number of hydrogen-bond acceptors (Lipinski definition) is 7. The highest BCUT2D eigenvalue weighted by atomic mass is 35.5. The Morgan fingerprint density at radius 1 is 1.10 bits per heavy atom. The molecule has 1 saturated heterocycles. The molecule has 13 heteroatoms. The summed E-state index contributed by atoms with van der Waals surface area (Å²) >= 11 is 5.59. The summed E-state index contributed by atoms with van der Waals surface area (Å²) in [5.41, 5.74) is -1.18. The van der Waals surface area contributed by atoms with Gasteiger partial charge in [0.15, 0.2) is 5.76 Å². The highest BCUT2D eigenvalue weighted by Crippen LogP contribution is 2.36. The highest BCUT2D eigenvalue weighted by Gasteiger charge is 2.36. The van der Waals surface area contributed by atoms with Crippen LogP contribution in [0.25, 0.3) is 11.7 Å². The van der Waals surface area contributed by atoms with Crippen LogP contribution in [0, 0.1) is 0 Å². The Hall–Kier alpha value is -2.41. The minimum Gasteiger partial charge on any atom is -0.459 e. The molecule has 0 aliphatic carbocycles. The molecule has 8 nitrogen and oxygen atoms in total. The number of piperazine rings is 1. The monoisotopic (exact) mass is 476 g/mol. The van der Waals surface area contributed by atoms with E-state index in [1.807, 2.05) is 4.90 Å². The fourth-order valence-corrected chi connectivity index (χ4v) is 4.84. The van der Waals surface area contributed by atoms with Crippen molar-refractivity contribution in [2.75, 3.05) is 26.2 Å². The molecular weight excluding hydrogens is 461 g/mol. The molecule has 0 N–H and O–H groups in total. The predicted molar refractivity (Wildman–Crippen MR) is 102 cm³/mol. The molecule has 4 rings (SSSR count). The average molecular weight is 477 g/mol. The maximum absolute atomic E-state index is 13.1. The molecule has 0 atom stereocenters. The third kappa shape index (κ3) is 4.61. The van der Waals surface area contributed by atoms with Gasteiger partial charge in [0.2, 0.25) is 15.9 Å². The van der Waals surface area contributed by atoms with E-state index in [0.29, 0.717) is 37.4 Å². The SMILES string of the molecule is O=S(=O)(c1ccc(Cl)c(C(F)(F)F)c1)N1CCN(Cc2nnc(-c3ccco3)o2)CC1. The van der Waals surface area contributed by atoms with Gasteiger partial charge in [0.1, 0.15) is 0 Å². The van der Waals surface area contributed by atoms with Crippen molar-refractivity contribution in [2.45, 2.75) is 17.6 Å². The van der Waals surface area contributed by atoms with Gasteiger partial charge in [-0.3, -0.25) is 4.90 Å². The van der Waals surface area contributed by atoms with Crippen molar-refractivity contribution in [1.29, 1.82) is 0 Å². The predicted octanol–water partition coefficient (Wildman–Crippen LogP) is 3.51. The molecule has 0 amide bonds. The summed E-state index contributed by atoms with van der Waals surface area (Å²) in [7, 11) is -4.10. The Balaban J connectivity index is 1.41. The number of rotatable bonds is 5. The zero-order valence-corrected chi connectivity index (χ0v) is 17.4. The Labute approximate surface area is 180 Å². The van der Waals surface area contributed by atoms with Gasteiger partial charge in [-0.2, -0.15) is 17.5 Å². The van der Waals surface area contributed by atoms with Crippen LogP contribution in [-0.2, 0) is 22.7 Å². The molecule has 0 saturated carbocycles. The zero-order valence-electron chi connectivity index (χ0n) is 15.8. The summed E-state index contributed by atoms with van der Waals surface area (Å²) in [6, 6.07) is 5.96.